The van der Waals surface area contributed by atoms with Gasteiger partial charge in [-0.25, -0.2) is 4.79 Å². The molecule has 190 valence electrons. The second-order valence-electron chi connectivity index (χ2n) is 9.96. The van der Waals surface area contributed by atoms with Crippen LogP contribution < -0.4 is 15.0 Å². The molecule has 0 bridgehead atoms. The molecule has 3 aromatic carbocycles. The van der Waals surface area contributed by atoms with Crippen LogP contribution >= 0.6 is 0 Å². The minimum Gasteiger partial charge on any atom is -0.497 e. The summed E-state index contributed by atoms with van der Waals surface area (Å²) in [6.45, 7) is 4.23. The van der Waals surface area contributed by atoms with E-state index in [-0.39, 0.29) is 18.4 Å². The first-order valence-electron chi connectivity index (χ1n) is 12.6. The van der Waals surface area contributed by atoms with Gasteiger partial charge in [-0.15, -0.1) is 0 Å². The number of amides is 4. The second-order valence-corrected chi connectivity index (χ2v) is 9.96. The Morgan fingerprint density at radius 3 is 2.41 bits per heavy atom. The van der Waals surface area contributed by atoms with Crippen LogP contribution in [0.25, 0.3) is 0 Å². The maximum Gasteiger partial charge on any atom is 0.325 e. The Morgan fingerprint density at radius 1 is 1.03 bits per heavy atom. The molecule has 3 aromatic rings. The van der Waals surface area contributed by atoms with Gasteiger partial charge in [0.15, 0.2) is 0 Å². The molecule has 7 heteroatoms. The number of benzene rings is 3. The minimum absolute atomic E-state index is 0.307. The van der Waals surface area contributed by atoms with Gasteiger partial charge in [-0.05, 0) is 65.3 Å². The molecule has 4 amide bonds. The van der Waals surface area contributed by atoms with E-state index >= 15 is 0 Å². The fraction of sp³-hybridized carbons (Fsp3) is 0.300. The van der Waals surface area contributed by atoms with Gasteiger partial charge in [-0.3, -0.25) is 14.5 Å². The molecule has 0 radical (unpaired) electrons. The highest BCUT2D eigenvalue weighted by Crippen LogP contribution is 2.41. The van der Waals surface area contributed by atoms with Crippen LogP contribution in [0.4, 0.5) is 10.5 Å². The third-order valence-electron chi connectivity index (χ3n) is 7.39. The van der Waals surface area contributed by atoms with E-state index in [2.05, 4.69) is 31.3 Å². The average Bonchev–Trinajstić information content (AvgIpc) is 3.40. The Kier molecular flexibility index (Phi) is 6.46. The van der Waals surface area contributed by atoms with E-state index in [0.717, 1.165) is 21.6 Å². The second kappa shape index (κ2) is 9.73. The van der Waals surface area contributed by atoms with E-state index in [0.29, 0.717) is 36.7 Å². The maximum absolute atomic E-state index is 13.7. The van der Waals surface area contributed by atoms with Crippen LogP contribution in [0.15, 0.2) is 72.8 Å². The molecule has 1 aliphatic heterocycles. The summed E-state index contributed by atoms with van der Waals surface area (Å²) in [5.41, 5.74) is 3.60. The zero-order valence-electron chi connectivity index (χ0n) is 21.4. The molecule has 1 spiro atoms. The van der Waals surface area contributed by atoms with Crippen molar-refractivity contribution in [3.05, 3.63) is 95.1 Å². The van der Waals surface area contributed by atoms with Crippen LogP contribution in [0.3, 0.4) is 0 Å². The average molecular weight is 498 g/mol. The van der Waals surface area contributed by atoms with Crippen molar-refractivity contribution in [3.8, 4) is 5.75 Å². The molecule has 0 aromatic heterocycles. The summed E-state index contributed by atoms with van der Waals surface area (Å²) >= 11 is 0. The van der Waals surface area contributed by atoms with Gasteiger partial charge in [0, 0.05) is 5.69 Å². The van der Waals surface area contributed by atoms with Crippen molar-refractivity contribution in [1.29, 1.82) is 0 Å². The van der Waals surface area contributed by atoms with Gasteiger partial charge in [0.05, 0.1) is 13.7 Å². The summed E-state index contributed by atoms with van der Waals surface area (Å²) < 4.78 is 5.27. The van der Waals surface area contributed by atoms with E-state index in [9.17, 15) is 14.4 Å². The van der Waals surface area contributed by atoms with Crippen molar-refractivity contribution in [2.45, 2.75) is 44.7 Å². The van der Waals surface area contributed by atoms with Gasteiger partial charge in [0.2, 0.25) is 5.91 Å². The number of urea groups is 1. The van der Waals surface area contributed by atoms with Crippen LogP contribution in [0.1, 0.15) is 48.4 Å². The molecule has 7 nitrogen and oxygen atoms in total. The lowest BCUT2D eigenvalue weighted by atomic mass is 9.92. The Balaban J connectivity index is 1.41. The van der Waals surface area contributed by atoms with Crippen LogP contribution in [-0.4, -0.2) is 36.4 Å². The molecule has 1 atom stereocenters. The number of carbonyl (C=O) groups excluding carboxylic acids is 3. The Bertz CT molecular complexity index is 1330. The number of aryl methyl sites for hydroxylation is 1. The smallest absolute Gasteiger partial charge is 0.325 e. The first-order chi connectivity index (χ1) is 17.8. The molecule has 37 heavy (non-hydrogen) atoms. The molecule has 0 saturated carbocycles. The van der Waals surface area contributed by atoms with E-state index < -0.39 is 11.6 Å². The minimum atomic E-state index is -1.09. The summed E-state index contributed by atoms with van der Waals surface area (Å²) in [4.78, 5) is 43.0. The standard InChI is InChI=1S/C30H31N3O4/c1-20(2)22-10-8-21(9-11-22)18-32(24-12-14-25(37-3)15-13-24)27(34)19-33-28(35)30(31-29(33)36)17-16-23-6-4-5-7-26(23)30/h4-15,20H,16-19H2,1-3H3,(H,31,36). The monoisotopic (exact) mass is 497 g/mol. The van der Waals surface area contributed by atoms with Gasteiger partial charge in [0.25, 0.3) is 5.91 Å². The van der Waals surface area contributed by atoms with Gasteiger partial charge < -0.3 is 15.0 Å². The Morgan fingerprint density at radius 2 is 1.73 bits per heavy atom. The van der Waals surface area contributed by atoms with Gasteiger partial charge in [-0.2, -0.15) is 0 Å². The fourth-order valence-electron chi connectivity index (χ4n) is 5.23. The number of hydrogen-bond acceptors (Lipinski definition) is 4. The summed E-state index contributed by atoms with van der Waals surface area (Å²) in [6.07, 6.45) is 1.19. The van der Waals surface area contributed by atoms with E-state index in [4.69, 9.17) is 4.74 Å². The lowest BCUT2D eigenvalue weighted by Gasteiger charge is -2.26. The Hall–Kier alpha value is -4.13. The number of methoxy groups -OCH3 is 1. The molecule has 1 fully saturated rings. The first-order valence-corrected chi connectivity index (χ1v) is 12.6. The van der Waals surface area contributed by atoms with Crippen molar-refractivity contribution in [1.82, 2.24) is 10.2 Å². The highest BCUT2D eigenvalue weighted by molar-refractivity contribution is 6.11. The van der Waals surface area contributed by atoms with Gasteiger partial charge >= 0.3 is 6.03 Å². The number of nitrogens with one attached hydrogen (secondary N) is 1. The lowest BCUT2D eigenvalue weighted by Crippen LogP contribution is -2.45. The van der Waals surface area contributed by atoms with Crippen molar-refractivity contribution >= 4 is 23.5 Å². The number of fused-ring (bicyclic) bond motifs is 2. The van der Waals surface area contributed by atoms with Crippen molar-refractivity contribution in [3.63, 3.8) is 0 Å². The lowest BCUT2D eigenvalue weighted by molar-refractivity contribution is -0.134. The van der Waals surface area contributed by atoms with Crippen molar-refractivity contribution in [2.24, 2.45) is 0 Å². The van der Waals surface area contributed by atoms with Crippen molar-refractivity contribution < 1.29 is 19.1 Å². The quantitative estimate of drug-likeness (QED) is 0.478. The molecular formula is C30H31N3O4. The third kappa shape index (κ3) is 4.46. The number of nitrogens with zero attached hydrogens (tertiary/aromatic N) is 2. The molecular weight excluding hydrogens is 466 g/mol. The summed E-state index contributed by atoms with van der Waals surface area (Å²) in [7, 11) is 1.59. The Labute approximate surface area is 217 Å². The summed E-state index contributed by atoms with van der Waals surface area (Å²) in [5.74, 6) is 0.367. The summed E-state index contributed by atoms with van der Waals surface area (Å²) in [6, 6.07) is 22.5. The molecule has 1 saturated heterocycles. The maximum atomic E-state index is 13.7. The summed E-state index contributed by atoms with van der Waals surface area (Å²) in [5, 5.41) is 2.90. The number of anilines is 1. The SMILES string of the molecule is COc1ccc(N(Cc2ccc(C(C)C)cc2)C(=O)CN2C(=O)NC3(CCc4ccccc43)C2=O)cc1. The van der Waals surface area contributed by atoms with Crippen LogP contribution in [-0.2, 0) is 28.1 Å². The number of ether oxygens (including phenoxy) is 1. The molecule has 1 aliphatic carbocycles. The predicted molar refractivity (Wildman–Crippen MR) is 141 cm³/mol. The van der Waals surface area contributed by atoms with Gasteiger partial charge in [-0.1, -0.05) is 62.4 Å². The third-order valence-corrected chi connectivity index (χ3v) is 7.39. The van der Waals surface area contributed by atoms with Crippen molar-refractivity contribution in [2.75, 3.05) is 18.6 Å². The fourth-order valence-corrected chi connectivity index (χ4v) is 5.23. The molecule has 1 N–H and O–H groups in total. The zero-order chi connectivity index (χ0) is 26.2. The van der Waals surface area contributed by atoms with E-state index in [1.54, 1.807) is 36.3 Å². The highest BCUT2D eigenvalue weighted by Gasteiger charge is 2.55. The predicted octanol–water partition coefficient (Wildman–Crippen LogP) is 4.75. The molecule has 5 rings (SSSR count). The van der Waals surface area contributed by atoms with Crippen LogP contribution in [0.5, 0.6) is 5.75 Å². The topological polar surface area (TPSA) is 79.0 Å². The highest BCUT2D eigenvalue weighted by atomic mass is 16.5. The zero-order valence-corrected chi connectivity index (χ0v) is 21.4. The number of rotatable bonds is 7. The molecule has 1 unspecified atom stereocenters. The molecule has 2 aliphatic rings. The van der Waals surface area contributed by atoms with Crippen LogP contribution in [0, 0.1) is 0 Å². The number of hydrogen-bond donors (Lipinski definition) is 1. The van der Waals surface area contributed by atoms with E-state index in [1.165, 1.54) is 5.56 Å². The molecule has 1 heterocycles. The number of imide groups is 1. The van der Waals surface area contributed by atoms with E-state index in [1.807, 2.05) is 36.4 Å². The number of carbonyl (C=O) groups is 3. The normalized spacial score (nSPS) is 18.3. The van der Waals surface area contributed by atoms with Gasteiger partial charge in [0.1, 0.15) is 17.8 Å². The largest absolute Gasteiger partial charge is 0.497 e. The first kappa shape index (κ1) is 24.6. The van der Waals surface area contributed by atoms with Crippen LogP contribution in [0.2, 0.25) is 0 Å².